The number of amides is 1. The third-order valence-electron chi connectivity index (χ3n) is 5.34. The van der Waals surface area contributed by atoms with Crippen molar-refractivity contribution >= 4 is 55.5 Å². The second-order valence-corrected chi connectivity index (χ2v) is 9.60. The molecule has 4 aromatic rings. The number of aromatic hydroxyl groups is 1. The highest BCUT2D eigenvalue weighted by molar-refractivity contribution is 7.85. The summed E-state index contributed by atoms with van der Waals surface area (Å²) in [6, 6.07) is 17.5. The first-order valence-electron chi connectivity index (χ1n) is 10.5. The molecule has 3 N–H and O–H groups in total. The van der Waals surface area contributed by atoms with Crippen molar-refractivity contribution in [1.82, 2.24) is 0 Å². The average Bonchev–Trinajstić information content (AvgIpc) is 2.83. The molecule has 0 unspecified atom stereocenters. The summed E-state index contributed by atoms with van der Waals surface area (Å²) in [5.41, 5.74) is 0.929. The number of phenols is 1. The van der Waals surface area contributed by atoms with Gasteiger partial charge in [0.25, 0.3) is 16.0 Å². The number of hydrogen-bond donors (Lipinski definition) is 3. The van der Waals surface area contributed by atoms with Crippen LogP contribution in [0, 0.1) is 6.92 Å². The second kappa shape index (κ2) is 9.94. The molecule has 0 atom stereocenters. The number of anilines is 1. The van der Waals surface area contributed by atoms with Crippen molar-refractivity contribution in [3.05, 3.63) is 82.9 Å². The second-order valence-electron chi connectivity index (χ2n) is 7.77. The quantitative estimate of drug-likeness (QED) is 0.196. The van der Waals surface area contributed by atoms with Crippen LogP contribution in [0.4, 0.5) is 17.1 Å². The van der Waals surface area contributed by atoms with Crippen molar-refractivity contribution in [3.63, 3.8) is 0 Å². The van der Waals surface area contributed by atoms with Crippen LogP contribution in [-0.2, 0) is 10.1 Å². The fraction of sp³-hybridized carbons (Fsp3) is 0.0800. The summed E-state index contributed by atoms with van der Waals surface area (Å²) in [7, 11) is -2.95. The molecule has 4 aromatic carbocycles. The van der Waals surface area contributed by atoms with E-state index in [1.807, 2.05) is 0 Å². The number of azo groups is 1. The molecular formula is C25H20ClN3O6S. The fourth-order valence-electron chi connectivity index (χ4n) is 3.57. The van der Waals surface area contributed by atoms with Gasteiger partial charge in [0.1, 0.15) is 17.1 Å². The normalized spacial score (nSPS) is 11.7. The minimum absolute atomic E-state index is 0.0261. The predicted molar refractivity (Wildman–Crippen MR) is 137 cm³/mol. The summed E-state index contributed by atoms with van der Waals surface area (Å²) in [6.45, 7) is 1.55. The number of nitrogens with one attached hydrogen (secondary N) is 1. The van der Waals surface area contributed by atoms with E-state index in [4.69, 9.17) is 16.3 Å². The maximum atomic E-state index is 13.1. The number of ether oxygens (including phenoxy) is 1. The van der Waals surface area contributed by atoms with E-state index < -0.39 is 21.8 Å². The SMILES string of the molecule is COc1cccc(NC(=O)c2cc3ccccc3c(N=Nc3c(C)cc(S(=O)(=O)O)cc3Cl)c2O)c1. The van der Waals surface area contributed by atoms with E-state index in [1.165, 1.54) is 13.2 Å². The Hall–Kier alpha value is -3.99. The Morgan fingerprint density at radius 3 is 2.42 bits per heavy atom. The van der Waals surface area contributed by atoms with Crippen molar-refractivity contribution in [3.8, 4) is 11.5 Å². The summed E-state index contributed by atoms with van der Waals surface area (Å²) in [5, 5.41) is 23.1. The Morgan fingerprint density at radius 2 is 1.72 bits per heavy atom. The molecule has 36 heavy (non-hydrogen) atoms. The maximum Gasteiger partial charge on any atom is 0.294 e. The zero-order chi connectivity index (χ0) is 26.0. The molecule has 0 bridgehead atoms. The topological polar surface area (TPSA) is 138 Å². The van der Waals surface area contributed by atoms with Gasteiger partial charge in [0.15, 0.2) is 5.75 Å². The highest BCUT2D eigenvalue weighted by Crippen LogP contribution is 2.41. The van der Waals surface area contributed by atoms with Gasteiger partial charge in [-0.1, -0.05) is 41.9 Å². The number of methoxy groups -OCH3 is 1. The number of rotatable bonds is 6. The van der Waals surface area contributed by atoms with Crippen molar-refractivity contribution in [2.75, 3.05) is 12.4 Å². The van der Waals surface area contributed by atoms with Gasteiger partial charge in [-0.05, 0) is 48.2 Å². The van der Waals surface area contributed by atoms with Crippen LogP contribution in [0.25, 0.3) is 10.8 Å². The fourth-order valence-corrected chi connectivity index (χ4v) is 4.53. The van der Waals surface area contributed by atoms with Crippen LogP contribution in [0.15, 0.2) is 81.9 Å². The lowest BCUT2D eigenvalue weighted by Gasteiger charge is -2.12. The molecule has 0 fully saturated rings. The molecule has 0 aliphatic rings. The summed E-state index contributed by atoms with van der Waals surface area (Å²) in [6.07, 6.45) is 0. The van der Waals surface area contributed by atoms with Gasteiger partial charge in [-0.25, -0.2) is 0 Å². The van der Waals surface area contributed by atoms with Gasteiger partial charge in [-0.15, -0.1) is 10.2 Å². The van der Waals surface area contributed by atoms with Crippen LogP contribution in [0.3, 0.4) is 0 Å². The molecule has 0 heterocycles. The number of carbonyl (C=O) groups is 1. The van der Waals surface area contributed by atoms with Gasteiger partial charge in [-0.2, -0.15) is 8.42 Å². The van der Waals surface area contributed by atoms with Crippen LogP contribution in [0.2, 0.25) is 5.02 Å². The molecule has 0 aliphatic heterocycles. The number of fused-ring (bicyclic) bond motifs is 1. The zero-order valence-electron chi connectivity index (χ0n) is 19.1. The number of phenolic OH excluding ortho intramolecular Hbond substituents is 1. The molecular weight excluding hydrogens is 506 g/mol. The Morgan fingerprint density at radius 1 is 1.00 bits per heavy atom. The van der Waals surface area contributed by atoms with Crippen molar-refractivity contribution in [1.29, 1.82) is 0 Å². The largest absolute Gasteiger partial charge is 0.505 e. The molecule has 9 nitrogen and oxygen atoms in total. The molecule has 184 valence electrons. The van der Waals surface area contributed by atoms with Gasteiger partial charge < -0.3 is 15.2 Å². The first-order chi connectivity index (χ1) is 17.1. The van der Waals surface area contributed by atoms with Crippen molar-refractivity contribution < 1.29 is 27.6 Å². The lowest BCUT2D eigenvalue weighted by Crippen LogP contribution is -2.12. The highest BCUT2D eigenvalue weighted by atomic mass is 35.5. The predicted octanol–water partition coefficient (Wildman–Crippen LogP) is 6.43. The van der Waals surface area contributed by atoms with Crippen molar-refractivity contribution in [2.45, 2.75) is 11.8 Å². The molecule has 1 amide bonds. The molecule has 0 aromatic heterocycles. The number of nitrogens with zero attached hydrogens (tertiary/aromatic N) is 2. The minimum atomic E-state index is -4.46. The number of benzene rings is 4. The molecule has 0 spiro atoms. The number of hydrogen-bond acceptors (Lipinski definition) is 7. The van der Waals surface area contributed by atoms with Gasteiger partial charge in [0.05, 0.1) is 22.6 Å². The van der Waals surface area contributed by atoms with E-state index in [0.717, 1.165) is 6.07 Å². The van der Waals surface area contributed by atoms with Crippen molar-refractivity contribution in [2.24, 2.45) is 10.2 Å². The van der Waals surface area contributed by atoms with E-state index in [0.29, 0.717) is 27.8 Å². The lowest BCUT2D eigenvalue weighted by atomic mass is 10.0. The smallest absolute Gasteiger partial charge is 0.294 e. The number of halogens is 1. The summed E-state index contributed by atoms with van der Waals surface area (Å²) >= 11 is 6.20. The van der Waals surface area contributed by atoms with E-state index >= 15 is 0 Å². The Kier molecular flexibility index (Phi) is 6.93. The lowest BCUT2D eigenvalue weighted by molar-refractivity contribution is 0.102. The first kappa shape index (κ1) is 25.1. The van der Waals surface area contributed by atoms with Gasteiger partial charge in [0.2, 0.25) is 0 Å². The standard InChI is InChI=1S/C25H20ClN3O6S/c1-14-10-18(36(32,33)34)13-21(26)22(14)28-29-23-19-9-4-3-6-15(19)11-20(24(23)30)25(31)27-16-7-5-8-17(12-16)35-2/h3-13,30H,1-2H3,(H,27,31)(H,32,33,34). The molecule has 11 heteroatoms. The Labute approximate surface area is 211 Å². The third-order valence-corrected chi connectivity index (χ3v) is 6.46. The monoisotopic (exact) mass is 525 g/mol. The molecule has 0 saturated carbocycles. The number of carbonyl (C=O) groups excluding carboxylic acids is 1. The van der Waals surface area contributed by atoms with E-state index in [9.17, 15) is 22.9 Å². The zero-order valence-corrected chi connectivity index (χ0v) is 20.6. The van der Waals surface area contributed by atoms with Crippen LogP contribution in [-0.4, -0.2) is 31.1 Å². The average molecular weight is 526 g/mol. The summed E-state index contributed by atoms with van der Waals surface area (Å²) in [5.74, 6) is -0.423. The highest BCUT2D eigenvalue weighted by Gasteiger charge is 2.20. The van der Waals surface area contributed by atoms with Gasteiger partial charge in [0, 0.05) is 17.1 Å². The summed E-state index contributed by atoms with van der Waals surface area (Å²) in [4.78, 5) is 12.7. The van der Waals surface area contributed by atoms with E-state index in [1.54, 1.807) is 61.5 Å². The van der Waals surface area contributed by atoms with Crippen LogP contribution in [0.1, 0.15) is 15.9 Å². The molecule has 0 radical (unpaired) electrons. The van der Waals surface area contributed by atoms with E-state index in [2.05, 4.69) is 15.5 Å². The van der Waals surface area contributed by atoms with Gasteiger partial charge in [-0.3, -0.25) is 9.35 Å². The van der Waals surface area contributed by atoms with E-state index in [-0.39, 0.29) is 26.9 Å². The minimum Gasteiger partial charge on any atom is -0.505 e. The van der Waals surface area contributed by atoms with Crippen LogP contribution < -0.4 is 10.1 Å². The van der Waals surface area contributed by atoms with Crippen LogP contribution >= 0.6 is 11.6 Å². The third kappa shape index (κ3) is 5.15. The Bertz CT molecular complexity index is 1610. The molecule has 0 saturated heterocycles. The molecule has 4 rings (SSSR count). The maximum absolute atomic E-state index is 13.1. The van der Waals surface area contributed by atoms with Crippen LogP contribution in [0.5, 0.6) is 11.5 Å². The summed E-state index contributed by atoms with van der Waals surface area (Å²) < 4.78 is 37.4. The first-order valence-corrected chi connectivity index (χ1v) is 12.3. The molecule has 0 aliphatic carbocycles. The number of aryl methyl sites for hydroxylation is 1. The van der Waals surface area contributed by atoms with Gasteiger partial charge >= 0.3 is 0 Å². The Balaban J connectivity index is 1.79.